The average Bonchev–Trinajstić information content (AvgIpc) is 3.48. The molecule has 4 aromatic rings. The molecule has 1 N–H and O–H groups in total. The number of anilines is 1. The summed E-state index contributed by atoms with van der Waals surface area (Å²) in [5.41, 5.74) is 6.59. The van der Waals surface area contributed by atoms with Gasteiger partial charge in [0.25, 0.3) is 11.8 Å². The highest BCUT2D eigenvalue weighted by Gasteiger charge is 2.33. The van der Waals surface area contributed by atoms with Crippen LogP contribution >= 0.6 is 23.2 Å². The minimum Gasteiger partial charge on any atom is -0.496 e. The van der Waals surface area contributed by atoms with E-state index in [1.807, 2.05) is 68.7 Å². The van der Waals surface area contributed by atoms with E-state index in [9.17, 15) is 9.59 Å². The topological polar surface area (TPSA) is 76.5 Å². The maximum atomic E-state index is 14.4. The quantitative estimate of drug-likeness (QED) is 0.262. The van der Waals surface area contributed by atoms with Crippen molar-refractivity contribution in [2.24, 2.45) is 0 Å². The Bertz CT molecular complexity index is 1680. The van der Waals surface area contributed by atoms with Crippen LogP contribution in [0.1, 0.15) is 57.6 Å². The third-order valence-electron chi connectivity index (χ3n) is 7.29. The zero-order valence-corrected chi connectivity index (χ0v) is 24.7. The van der Waals surface area contributed by atoms with Crippen LogP contribution in [0.15, 0.2) is 48.5 Å². The third-order valence-corrected chi connectivity index (χ3v) is 7.76. The number of ether oxygens (including phenoxy) is 1. The Hall–Kier alpha value is -3.81. The number of nitrogens with zero attached hydrogens (tertiary/aromatic N) is 3. The summed E-state index contributed by atoms with van der Waals surface area (Å²) in [4.78, 5) is 33.0. The second-order valence-electron chi connectivity index (χ2n) is 10.2. The van der Waals surface area contributed by atoms with Crippen molar-refractivity contribution in [1.82, 2.24) is 14.9 Å². The second kappa shape index (κ2) is 10.6. The van der Waals surface area contributed by atoms with Crippen LogP contribution in [-0.2, 0) is 6.54 Å². The standard InChI is InChI=1S/C31H30Cl2N4O3/c1-16(2)37-24-15-34-29(38)28(24)35-31(37)36(5)30(39)22-11-12-25(40-6)27(23-14-20(33)8-7-17(23)3)26(22)21-10-9-19(32)13-18(21)4/h7-14,16H,15H2,1-6H3,(H,34,38). The van der Waals surface area contributed by atoms with Crippen LogP contribution in [0.5, 0.6) is 5.75 Å². The number of hydrogen-bond acceptors (Lipinski definition) is 4. The highest BCUT2D eigenvalue weighted by atomic mass is 35.5. The average molecular weight is 578 g/mol. The molecule has 0 bridgehead atoms. The van der Waals surface area contributed by atoms with Gasteiger partial charge in [0, 0.05) is 39.8 Å². The minimum atomic E-state index is -0.279. The van der Waals surface area contributed by atoms with Gasteiger partial charge < -0.3 is 14.6 Å². The van der Waals surface area contributed by atoms with E-state index < -0.39 is 0 Å². The fraction of sp³-hybridized carbons (Fsp3) is 0.258. The highest BCUT2D eigenvalue weighted by molar-refractivity contribution is 6.31. The predicted octanol–water partition coefficient (Wildman–Crippen LogP) is 7.25. The molecule has 3 aromatic carbocycles. The fourth-order valence-corrected chi connectivity index (χ4v) is 5.75. The smallest absolute Gasteiger partial charge is 0.272 e. The number of amides is 2. The van der Waals surface area contributed by atoms with Gasteiger partial charge in [0.2, 0.25) is 5.95 Å². The molecule has 0 atom stereocenters. The summed E-state index contributed by atoms with van der Waals surface area (Å²) in [6.07, 6.45) is 0. The Morgan fingerprint density at radius 2 is 1.70 bits per heavy atom. The lowest BCUT2D eigenvalue weighted by Gasteiger charge is -2.25. The lowest BCUT2D eigenvalue weighted by Crippen LogP contribution is -2.31. The Kier molecular flexibility index (Phi) is 7.38. The molecule has 2 amide bonds. The van der Waals surface area contributed by atoms with E-state index in [0.29, 0.717) is 45.1 Å². The van der Waals surface area contributed by atoms with E-state index in [4.69, 9.17) is 27.9 Å². The van der Waals surface area contributed by atoms with Crippen molar-refractivity contribution >= 4 is 41.0 Å². The first kappa shape index (κ1) is 27.7. The van der Waals surface area contributed by atoms with E-state index in [-0.39, 0.29) is 17.9 Å². The van der Waals surface area contributed by atoms with Crippen molar-refractivity contribution in [1.29, 1.82) is 0 Å². The number of halogens is 2. The number of methoxy groups -OCH3 is 1. The Morgan fingerprint density at radius 1 is 1.00 bits per heavy atom. The monoisotopic (exact) mass is 576 g/mol. The van der Waals surface area contributed by atoms with Crippen LogP contribution in [0.3, 0.4) is 0 Å². The maximum Gasteiger partial charge on any atom is 0.272 e. The van der Waals surface area contributed by atoms with Crippen LogP contribution in [0.2, 0.25) is 10.0 Å². The molecule has 0 unspecified atom stereocenters. The van der Waals surface area contributed by atoms with E-state index in [1.165, 1.54) is 4.90 Å². The molecule has 0 spiro atoms. The van der Waals surface area contributed by atoms with Crippen LogP contribution in [0.25, 0.3) is 22.3 Å². The van der Waals surface area contributed by atoms with Crippen molar-refractivity contribution in [3.63, 3.8) is 0 Å². The number of rotatable bonds is 6. The number of aryl methyl sites for hydroxylation is 2. The summed E-state index contributed by atoms with van der Waals surface area (Å²) >= 11 is 12.8. The van der Waals surface area contributed by atoms with Gasteiger partial charge in [-0.2, -0.15) is 0 Å². The molecule has 1 aliphatic heterocycles. The Labute approximate surface area is 243 Å². The molecule has 1 aliphatic rings. The summed E-state index contributed by atoms with van der Waals surface area (Å²) in [5.74, 6) is 0.499. The molecule has 0 saturated heterocycles. The lowest BCUT2D eigenvalue weighted by atomic mass is 9.86. The van der Waals surface area contributed by atoms with Crippen molar-refractivity contribution in [2.45, 2.75) is 40.3 Å². The molecule has 206 valence electrons. The fourth-order valence-electron chi connectivity index (χ4n) is 5.35. The molecule has 0 fully saturated rings. The third kappa shape index (κ3) is 4.63. The summed E-state index contributed by atoms with van der Waals surface area (Å²) in [6.45, 7) is 8.33. The van der Waals surface area contributed by atoms with E-state index in [2.05, 4.69) is 10.3 Å². The van der Waals surface area contributed by atoms with Crippen molar-refractivity contribution in [3.05, 3.63) is 86.7 Å². The molecule has 1 aromatic heterocycles. The van der Waals surface area contributed by atoms with Crippen LogP contribution in [0.4, 0.5) is 5.95 Å². The summed E-state index contributed by atoms with van der Waals surface area (Å²) in [6, 6.07) is 14.8. The molecule has 5 rings (SSSR count). The van der Waals surface area contributed by atoms with E-state index in [0.717, 1.165) is 33.5 Å². The normalized spacial score (nSPS) is 12.5. The number of nitrogens with one attached hydrogen (secondary N) is 1. The SMILES string of the molecule is COc1ccc(C(=O)N(C)c2nc3c(n2C(C)C)CNC3=O)c(-c2ccc(Cl)cc2C)c1-c1cc(Cl)ccc1C. The summed E-state index contributed by atoms with van der Waals surface area (Å²) in [5, 5.41) is 3.99. The number of carbonyl (C=O) groups excluding carboxylic acids is 2. The molecule has 0 saturated carbocycles. The summed E-state index contributed by atoms with van der Waals surface area (Å²) < 4.78 is 7.78. The maximum absolute atomic E-state index is 14.4. The van der Waals surface area contributed by atoms with Crippen molar-refractivity contribution < 1.29 is 14.3 Å². The summed E-state index contributed by atoms with van der Waals surface area (Å²) in [7, 11) is 3.29. The van der Waals surface area contributed by atoms with Gasteiger partial charge in [-0.15, -0.1) is 0 Å². The van der Waals surface area contributed by atoms with Crippen molar-refractivity contribution in [3.8, 4) is 28.0 Å². The van der Waals surface area contributed by atoms with Gasteiger partial charge in [0.1, 0.15) is 5.75 Å². The zero-order chi connectivity index (χ0) is 28.9. The number of fused-ring (bicyclic) bond motifs is 1. The van der Waals surface area contributed by atoms with Gasteiger partial charge in [0.05, 0.1) is 19.3 Å². The minimum absolute atomic E-state index is 0.0206. The number of imidazole rings is 1. The molecule has 0 aliphatic carbocycles. The van der Waals surface area contributed by atoms with Gasteiger partial charge in [0.15, 0.2) is 5.69 Å². The first-order valence-corrected chi connectivity index (χ1v) is 13.7. The lowest BCUT2D eigenvalue weighted by molar-refractivity contribution is 0.0957. The van der Waals surface area contributed by atoms with Gasteiger partial charge in [-0.25, -0.2) is 4.98 Å². The number of hydrogen-bond donors (Lipinski definition) is 1. The highest BCUT2D eigenvalue weighted by Crippen LogP contribution is 2.45. The second-order valence-corrected chi connectivity index (χ2v) is 11.1. The number of aromatic nitrogens is 2. The van der Waals surface area contributed by atoms with Gasteiger partial charge in [-0.3, -0.25) is 14.5 Å². The molecule has 2 heterocycles. The van der Waals surface area contributed by atoms with E-state index in [1.54, 1.807) is 26.3 Å². The Morgan fingerprint density at radius 3 is 2.38 bits per heavy atom. The first-order valence-electron chi connectivity index (χ1n) is 12.9. The van der Waals surface area contributed by atoms with Crippen LogP contribution < -0.4 is 15.0 Å². The molecular formula is C31H30Cl2N4O3. The van der Waals surface area contributed by atoms with E-state index >= 15 is 0 Å². The number of benzene rings is 3. The van der Waals surface area contributed by atoms with Gasteiger partial charge in [-0.1, -0.05) is 35.3 Å². The zero-order valence-electron chi connectivity index (χ0n) is 23.2. The molecule has 7 nitrogen and oxygen atoms in total. The molecule has 40 heavy (non-hydrogen) atoms. The van der Waals surface area contributed by atoms with Gasteiger partial charge >= 0.3 is 0 Å². The van der Waals surface area contributed by atoms with Crippen LogP contribution in [-0.4, -0.2) is 35.5 Å². The first-order chi connectivity index (χ1) is 19.0. The predicted molar refractivity (Wildman–Crippen MR) is 160 cm³/mol. The number of carbonyl (C=O) groups is 2. The molecular weight excluding hydrogens is 547 g/mol. The molecule has 9 heteroatoms. The van der Waals surface area contributed by atoms with Crippen molar-refractivity contribution in [2.75, 3.05) is 19.1 Å². The van der Waals surface area contributed by atoms with Gasteiger partial charge in [-0.05, 0) is 86.3 Å². The largest absolute Gasteiger partial charge is 0.496 e. The Balaban J connectivity index is 1.78. The molecule has 0 radical (unpaired) electrons. The van der Waals surface area contributed by atoms with Crippen LogP contribution in [0, 0.1) is 13.8 Å².